The van der Waals surface area contributed by atoms with Crippen LogP contribution in [0.4, 0.5) is 0 Å². The van der Waals surface area contributed by atoms with E-state index in [9.17, 15) is 9.59 Å². The highest BCUT2D eigenvalue weighted by Gasteiger charge is 2.19. The predicted octanol–water partition coefficient (Wildman–Crippen LogP) is 0.924. The molecule has 0 aliphatic heterocycles. The molecule has 16 heavy (non-hydrogen) atoms. The molecule has 0 aromatic heterocycles. The van der Waals surface area contributed by atoms with Crippen LogP contribution in [0.15, 0.2) is 6.07 Å². The van der Waals surface area contributed by atoms with Crippen molar-refractivity contribution in [3.05, 3.63) is 22.8 Å². The van der Waals surface area contributed by atoms with Gasteiger partial charge in [0.2, 0.25) is 0 Å². The number of nitrogens with two attached hydrogens (primary N) is 1. The first-order valence-corrected chi connectivity index (χ1v) is 4.57. The van der Waals surface area contributed by atoms with Crippen molar-refractivity contribution in [3.63, 3.8) is 0 Å². The average Bonchev–Trinajstić information content (AvgIpc) is 2.27. The Labute approximate surface area is 93.1 Å². The van der Waals surface area contributed by atoms with Gasteiger partial charge in [0, 0.05) is 5.56 Å². The molecule has 1 aromatic carbocycles. The van der Waals surface area contributed by atoms with Crippen LogP contribution in [-0.2, 0) is 0 Å². The number of ether oxygens (including phenoxy) is 2. The van der Waals surface area contributed by atoms with Gasteiger partial charge in [0.1, 0.15) is 11.5 Å². The number of hydrogen-bond donors (Lipinski definition) is 1. The number of carbonyl (C=O) groups excluding carboxylic acids is 2. The molecule has 5 nitrogen and oxygen atoms in total. The molecule has 0 saturated carbocycles. The van der Waals surface area contributed by atoms with E-state index in [2.05, 4.69) is 0 Å². The van der Waals surface area contributed by atoms with Crippen LogP contribution in [0.2, 0.25) is 0 Å². The van der Waals surface area contributed by atoms with Gasteiger partial charge in [-0.15, -0.1) is 0 Å². The van der Waals surface area contributed by atoms with Gasteiger partial charge in [-0.25, -0.2) is 0 Å². The minimum atomic E-state index is -0.647. The Bertz CT molecular complexity index is 440. The second-order valence-electron chi connectivity index (χ2n) is 3.19. The normalized spacial score (nSPS) is 9.69. The van der Waals surface area contributed by atoms with Crippen LogP contribution in [0.1, 0.15) is 26.3 Å². The summed E-state index contributed by atoms with van der Waals surface area (Å²) in [6.07, 6.45) is 0.609. The van der Waals surface area contributed by atoms with E-state index in [1.54, 1.807) is 6.92 Å². The highest BCUT2D eigenvalue weighted by molar-refractivity contribution is 5.99. The third-order valence-electron chi connectivity index (χ3n) is 2.29. The number of methoxy groups -OCH3 is 2. The summed E-state index contributed by atoms with van der Waals surface area (Å²) in [7, 11) is 2.87. The lowest BCUT2D eigenvalue weighted by molar-refractivity contribution is 0.0997. The second-order valence-corrected chi connectivity index (χ2v) is 3.19. The molecular formula is C11H13NO4. The van der Waals surface area contributed by atoms with Gasteiger partial charge in [-0.05, 0) is 13.0 Å². The standard InChI is InChI=1S/C11H13NO4/c1-6-9(15-2)7(5-13)4-8(11(12)14)10(6)16-3/h4-5H,1-3H3,(H2,12,14). The lowest BCUT2D eigenvalue weighted by atomic mass is 10.0. The maximum atomic E-state index is 11.2. The highest BCUT2D eigenvalue weighted by atomic mass is 16.5. The van der Waals surface area contributed by atoms with E-state index in [1.165, 1.54) is 20.3 Å². The summed E-state index contributed by atoms with van der Waals surface area (Å²) in [5, 5.41) is 0. The molecule has 0 fully saturated rings. The molecule has 1 rings (SSSR count). The molecule has 0 saturated heterocycles. The largest absolute Gasteiger partial charge is 0.496 e. The number of hydrogen-bond acceptors (Lipinski definition) is 4. The van der Waals surface area contributed by atoms with Crippen molar-refractivity contribution in [1.29, 1.82) is 0 Å². The summed E-state index contributed by atoms with van der Waals surface area (Å²) in [4.78, 5) is 22.0. The fourth-order valence-electron chi connectivity index (χ4n) is 1.61. The van der Waals surface area contributed by atoms with Gasteiger partial charge in [0.25, 0.3) is 5.91 Å². The van der Waals surface area contributed by atoms with Gasteiger partial charge in [0.15, 0.2) is 6.29 Å². The van der Waals surface area contributed by atoms with E-state index in [0.29, 0.717) is 23.3 Å². The molecule has 0 bridgehead atoms. The van der Waals surface area contributed by atoms with Crippen molar-refractivity contribution in [3.8, 4) is 11.5 Å². The number of benzene rings is 1. The summed E-state index contributed by atoms with van der Waals surface area (Å²) in [6.45, 7) is 1.69. The van der Waals surface area contributed by atoms with Crippen LogP contribution < -0.4 is 15.2 Å². The van der Waals surface area contributed by atoms with Crippen molar-refractivity contribution in [2.45, 2.75) is 6.92 Å². The van der Waals surface area contributed by atoms with E-state index in [1.807, 2.05) is 0 Å². The van der Waals surface area contributed by atoms with E-state index in [-0.39, 0.29) is 11.1 Å². The van der Waals surface area contributed by atoms with Crippen LogP contribution in [-0.4, -0.2) is 26.4 Å². The lowest BCUT2D eigenvalue weighted by Crippen LogP contribution is -2.14. The van der Waals surface area contributed by atoms with Gasteiger partial charge in [0.05, 0.1) is 25.3 Å². The van der Waals surface area contributed by atoms with Crippen molar-refractivity contribution in [1.82, 2.24) is 0 Å². The average molecular weight is 223 g/mol. The molecule has 0 heterocycles. The number of aldehydes is 1. The first-order valence-electron chi connectivity index (χ1n) is 4.57. The van der Waals surface area contributed by atoms with Crippen molar-refractivity contribution < 1.29 is 19.1 Å². The molecule has 0 unspecified atom stereocenters. The van der Waals surface area contributed by atoms with Gasteiger partial charge < -0.3 is 15.2 Å². The minimum Gasteiger partial charge on any atom is -0.496 e. The fourth-order valence-corrected chi connectivity index (χ4v) is 1.61. The van der Waals surface area contributed by atoms with E-state index in [0.717, 1.165) is 0 Å². The Morgan fingerprint density at radius 3 is 2.25 bits per heavy atom. The second kappa shape index (κ2) is 4.65. The zero-order valence-corrected chi connectivity index (χ0v) is 9.37. The first kappa shape index (κ1) is 12.0. The van der Waals surface area contributed by atoms with Crippen LogP contribution in [0.3, 0.4) is 0 Å². The van der Waals surface area contributed by atoms with Gasteiger partial charge in [-0.1, -0.05) is 0 Å². The Hall–Kier alpha value is -2.04. The van der Waals surface area contributed by atoms with Crippen molar-refractivity contribution in [2.24, 2.45) is 5.73 Å². The third kappa shape index (κ3) is 1.84. The monoisotopic (exact) mass is 223 g/mol. The van der Waals surface area contributed by atoms with E-state index >= 15 is 0 Å². The maximum absolute atomic E-state index is 11.2. The van der Waals surface area contributed by atoms with Gasteiger partial charge in [-0.3, -0.25) is 9.59 Å². The van der Waals surface area contributed by atoms with E-state index < -0.39 is 5.91 Å². The minimum absolute atomic E-state index is 0.169. The first-order chi connectivity index (χ1) is 7.56. The SMILES string of the molecule is COc1c(C=O)cc(C(N)=O)c(OC)c1C. The molecule has 1 aromatic rings. The van der Waals surface area contributed by atoms with Crippen LogP contribution >= 0.6 is 0 Å². The fraction of sp³-hybridized carbons (Fsp3) is 0.273. The summed E-state index contributed by atoms with van der Waals surface area (Å²) in [5.74, 6) is 0.0671. The van der Waals surface area contributed by atoms with Crippen LogP contribution in [0, 0.1) is 6.92 Å². The number of rotatable bonds is 4. The van der Waals surface area contributed by atoms with Crippen LogP contribution in [0.5, 0.6) is 11.5 Å². The molecule has 0 atom stereocenters. The Balaban J connectivity index is 3.60. The smallest absolute Gasteiger partial charge is 0.252 e. The van der Waals surface area contributed by atoms with E-state index in [4.69, 9.17) is 15.2 Å². The Morgan fingerprint density at radius 2 is 1.88 bits per heavy atom. The summed E-state index contributed by atoms with van der Waals surface area (Å²) in [6, 6.07) is 1.36. The summed E-state index contributed by atoms with van der Waals surface area (Å²) < 4.78 is 10.2. The molecule has 1 amide bonds. The third-order valence-corrected chi connectivity index (χ3v) is 2.29. The van der Waals surface area contributed by atoms with Gasteiger partial charge in [-0.2, -0.15) is 0 Å². The summed E-state index contributed by atoms with van der Waals surface area (Å²) >= 11 is 0. The molecule has 0 radical (unpaired) electrons. The molecule has 5 heteroatoms. The zero-order valence-electron chi connectivity index (χ0n) is 9.37. The summed E-state index contributed by atoms with van der Waals surface area (Å²) in [5.41, 5.74) is 6.21. The quantitative estimate of drug-likeness (QED) is 0.770. The number of primary amides is 1. The molecule has 0 aliphatic carbocycles. The zero-order chi connectivity index (χ0) is 12.3. The maximum Gasteiger partial charge on any atom is 0.252 e. The predicted molar refractivity (Wildman–Crippen MR) is 58.2 cm³/mol. The molecule has 0 spiro atoms. The number of carbonyl (C=O) groups is 2. The Kier molecular flexibility index (Phi) is 3.50. The number of amides is 1. The van der Waals surface area contributed by atoms with Crippen LogP contribution in [0.25, 0.3) is 0 Å². The molecule has 86 valence electrons. The Morgan fingerprint density at radius 1 is 1.31 bits per heavy atom. The molecule has 2 N–H and O–H groups in total. The van der Waals surface area contributed by atoms with Crippen molar-refractivity contribution in [2.75, 3.05) is 14.2 Å². The molecule has 0 aliphatic rings. The molecular weight excluding hydrogens is 210 g/mol. The highest BCUT2D eigenvalue weighted by Crippen LogP contribution is 2.33. The lowest BCUT2D eigenvalue weighted by Gasteiger charge is -2.14. The topological polar surface area (TPSA) is 78.6 Å². The van der Waals surface area contributed by atoms with Crippen molar-refractivity contribution >= 4 is 12.2 Å². The van der Waals surface area contributed by atoms with Gasteiger partial charge >= 0.3 is 0 Å².